The highest BCUT2D eigenvalue weighted by Crippen LogP contribution is 2.31. The molecule has 4 nitrogen and oxygen atoms in total. The summed E-state index contributed by atoms with van der Waals surface area (Å²) in [4.78, 5) is 13.9. The number of aliphatic hydroxyl groups excluding tert-OH is 1. The summed E-state index contributed by atoms with van der Waals surface area (Å²) in [5, 5.41) is 18.4. The van der Waals surface area contributed by atoms with E-state index in [0.29, 0.717) is 25.3 Å². The fourth-order valence-electron chi connectivity index (χ4n) is 2.44. The van der Waals surface area contributed by atoms with Crippen molar-refractivity contribution < 1.29 is 9.90 Å². The summed E-state index contributed by atoms with van der Waals surface area (Å²) in [6.07, 6.45) is 2.46. The van der Waals surface area contributed by atoms with Gasteiger partial charge < -0.3 is 10.0 Å². The number of carbonyl (C=O) groups excluding carboxylic acids is 1. The Kier molecular flexibility index (Phi) is 4.53. The van der Waals surface area contributed by atoms with Gasteiger partial charge in [0.1, 0.15) is 5.41 Å². The molecule has 1 aliphatic rings. The highest BCUT2D eigenvalue weighted by molar-refractivity contribution is 5.85. The number of nitriles is 1. The van der Waals surface area contributed by atoms with Gasteiger partial charge in [-0.25, -0.2) is 0 Å². The molecule has 1 rings (SSSR count). The van der Waals surface area contributed by atoms with Gasteiger partial charge in [0.25, 0.3) is 0 Å². The zero-order chi connectivity index (χ0) is 13.1. The van der Waals surface area contributed by atoms with E-state index in [1.165, 1.54) is 0 Å². The van der Waals surface area contributed by atoms with E-state index in [4.69, 9.17) is 0 Å². The molecule has 0 saturated heterocycles. The van der Waals surface area contributed by atoms with E-state index in [1.807, 2.05) is 13.8 Å². The van der Waals surface area contributed by atoms with E-state index in [2.05, 4.69) is 6.07 Å². The van der Waals surface area contributed by atoms with E-state index in [9.17, 15) is 15.2 Å². The second kappa shape index (κ2) is 5.50. The number of carbonyl (C=O) groups is 1. The Morgan fingerprint density at radius 2 is 2.00 bits per heavy atom. The van der Waals surface area contributed by atoms with Crippen molar-refractivity contribution in [3.8, 4) is 6.07 Å². The highest BCUT2D eigenvalue weighted by Gasteiger charge is 2.39. The molecule has 0 aromatic rings. The second-order valence-corrected chi connectivity index (χ2v) is 5.08. The normalized spacial score (nSPS) is 23.7. The molecule has 0 atom stereocenters. The Morgan fingerprint density at radius 1 is 1.47 bits per heavy atom. The van der Waals surface area contributed by atoms with E-state index in [1.54, 1.807) is 11.9 Å². The zero-order valence-electron chi connectivity index (χ0n) is 10.9. The van der Waals surface area contributed by atoms with Gasteiger partial charge in [0.05, 0.1) is 12.2 Å². The van der Waals surface area contributed by atoms with Gasteiger partial charge in [0.15, 0.2) is 0 Å². The molecule has 0 heterocycles. The van der Waals surface area contributed by atoms with Crippen LogP contribution in [-0.4, -0.2) is 35.6 Å². The second-order valence-electron chi connectivity index (χ2n) is 5.08. The third-order valence-corrected chi connectivity index (χ3v) is 3.92. The van der Waals surface area contributed by atoms with Crippen LogP contribution in [0.25, 0.3) is 0 Å². The molecule has 1 fully saturated rings. The van der Waals surface area contributed by atoms with Crippen LogP contribution >= 0.6 is 0 Å². The molecule has 1 saturated carbocycles. The van der Waals surface area contributed by atoms with E-state index < -0.39 is 5.41 Å². The van der Waals surface area contributed by atoms with Crippen LogP contribution in [0.3, 0.4) is 0 Å². The minimum absolute atomic E-state index is 0.0774. The van der Waals surface area contributed by atoms with Gasteiger partial charge in [0, 0.05) is 13.6 Å². The predicted octanol–water partition coefficient (Wildman–Crippen LogP) is 1.55. The van der Waals surface area contributed by atoms with Crippen LogP contribution in [-0.2, 0) is 4.79 Å². The van der Waals surface area contributed by atoms with Gasteiger partial charge >= 0.3 is 0 Å². The van der Waals surface area contributed by atoms with Gasteiger partial charge in [-0.2, -0.15) is 5.26 Å². The summed E-state index contributed by atoms with van der Waals surface area (Å²) in [7, 11) is 1.75. The van der Waals surface area contributed by atoms with E-state index in [-0.39, 0.29) is 12.0 Å². The first-order chi connectivity index (χ1) is 7.99. The number of nitrogens with zero attached hydrogens (tertiary/aromatic N) is 2. The van der Waals surface area contributed by atoms with Crippen molar-refractivity contribution >= 4 is 5.91 Å². The maximum absolute atomic E-state index is 12.3. The molecule has 96 valence electrons. The molecule has 0 spiro atoms. The summed E-state index contributed by atoms with van der Waals surface area (Å²) < 4.78 is 0. The van der Waals surface area contributed by atoms with Crippen LogP contribution in [0, 0.1) is 22.7 Å². The predicted molar refractivity (Wildman–Crippen MR) is 65.0 cm³/mol. The number of hydrogen-bond acceptors (Lipinski definition) is 3. The first-order valence-electron chi connectivity index (χ1n) is 6.34. The fourth-order valence-corrected chi connectivity index (χ4v) is 2.44. The van der Waals surface area contributed by atoms with Crippen molar-refractivity contribution in [1.29, 1.82) is 5.26 Å². The lowest BCUT2D eigenvalue weighted by Gasteiger charge is -2.36. The number of aliphatic hydroxyl groups is 1. The first-order valence-corrected chi connectivity index (χ1v) is 6.34. The fraction of sp³-hybridized carbons (Fsp3) is 0.846. The minimum atomic E-state index is -0.864. The number of rotatable bonds is 5. The van der Waals surface area contributed by atoms with Gasteiger partial charge in [-0.1, -0.05) is 13.8 Å². The topological polar surface area (TPSA) is 64.3 Å². The SMILES string of the molecule is CCC(C#N)(CC)C(=O)N(C)CC1CC(O)C1. The molecular formula is C13H22N2O2. The molecule has 0 aromatic heterocycles. The van der Waals surface area contributed by atoms with Crippen LogP contribution in [0.1, 0.15) is 39.5 Å². The van der Waals surface area contributed by atoms with Gasteiger partial charge in [-0.05, 0) is 31.6 Å². The average Bonchev–Trinajstić information content (AvgIpc) is 2.29. The van der Waals surface area contributed by atoms with Crippen molar-refractivity contribution in [2.75, 3.05) is 13.6 Å². The third-order valence-electron chi connectivity index (χ3n) is 3.92. The average molecular weight is 238 g/mol. The number of hydrogen-bond donors (Lipinski definition) is 1. The third kappa shape index (κ3) is 2.78. The number of amides is 1. The van der Waals surface area contributed by atoms with Crippen molar-refractivity contribution in [1.82, 2.24) is 4.90 Å². The standard InChI is InChI=1S/C13H22N2O2/c1-4-13(5-2,9-14)12(17)15(3)8-10-6-11(16)7-10/h10-11,16H,4-8H2,1-3H3. The van der Waals surface area contributed by atoms with Gasteiger partial charge in [-0.3, -0.25) is 4.79 Å². The van der Waals surface area contributed by atoms with Crippen LogP contribution < -0.4 is 0 Å². The van der Waals surface area contributed by atoms with Crippen molar-refractivity contribution in [3.63, 3.8) is 0 Å². The minimum Gasteiger partial charge on any atom is -0.393 e. The van der Waals surface area contributed by atoms with Gasteiger partial charge in [-0.15, -0.1) is 0 Å². The molecule has 0 radical (unpaired) electrons. The smallest absolute Gasteiger partial charge is 0.242 e. The van der Waals surface area contributed by atoms with Crippen LogP contribution in [0.5, 0.6) is 0 Å². The van der Waals surface area contributed by atoms with E-state index in [0.717, 1.165) is 12.8 Å². The largest absolute Gasteiger partial charge is 0.393 e. The van der Waals surface area contributed by atoms with Crippen molar-refractivity contribution in [3.05, 3.63) is 0 Å². The summed E-state index contributed by atoms with van der Waals surface area (Å²) in [6.45, 7) is 4.41. The lowest BCUT2D eigenvalue weighted by Crippen LogP contribution is -2.45. The quantitative estimate of drug-likeness (QED) is 0.790. The van der Waals surface area contributed by atoms with Crippen molar-refractivity contribution in [2.24, 2.45) is 11.3 Å². The Bertz CT molecular complexity index is 312. The molecule has 0 aromatic carbocycles. The Morgan fingerprint density at radius 3 is 2.35 bits per heavy atom. The highest BCUT2D eigenvalue weighted by atomic mass is 16.3. The Balaban J connectivity index is 2.59. The summed E-state index contributed by atoms with van der Waals surface area (Å²) in [6, 6.07) is 2.17. The lowest BCUT2D eigenvalue weighted by molar-refractivity contribution is -0.139. The monoisotopic (exact) mass is 238 g/mol. The maximum Gasteiger partial charge on any atom is 0.242 e. The maximum atomic E-state index is 12.3. The summed E-state index contributed by atoms with van der Waals surface area (Å²) in [5.74, 6) is 0.315. The van der Waals surface area contributed by atoms with Crippen LogP contribution in [0.2, 0.25) is 0 Å². The molecule has 0 aliphatic heterocycles. The van der Waals surface area contributed by atoms with Crippen molar-refractivity contribution in [2.45, 2.75) is 45.6 Å². The van der Waals surface area contributed by atoms with Gasteiger partial charge in [0.2, 0.25) is 5.91 Å². The molecule has 0 bridgehead atoms. The molecule has 4 heteroatoms. The Labute approximate surface area is 103 Å². The molecule has 1 aliphatic carbocycles. The molecule has 0 unspecified atom stereocenters. The molecule has 17 heavy (non-hydrogen) atoms. The van der Waals surface area contributed by atoms with Crippen LogP contribution in [0.4, 0.5) is 0 Å². The molecule has 1 N–H and O–H groups in total. The molecule has 1 amide bonds. The first kappa shape index (κ1) is 14.0. The van der Waals surface area contributed by atoms with Crippen LogP contribution in [0.15, 0.2) is 0 Å². The van der Waals surface area contributed by atoms with E-state index >= 15 is 0 Å². The lowest BCUT2D eigenvalue weighted by atomic mass is 9.80. The summed E-state index contributed by atoms with van der Waals surface area (Å²) >= 11 is 0. The zero-order valence-corrected chi connectivity index (χ0v) is 10.9. The summed E-state index contributed by atoms with van der Waals surface area (Å²) in [5.41, 5.74) is -0.864. The Hall–Kier alpha value is -1.08. The molecular weight excluding hydrogens is 216 g/mol.